The number of aromatic nitrogens is 1. The van der Waals surface area contributed by atoms with Crippen LogP contribution >= 0.6 is 0 Å². The van der Waals surface area contributed by atoms with Crippen LogP contribution in [0.1, 0.15) is 44.9 Å². The molecule has 1 fully saturated rings. The zero-order valence-electron chi connectivity index (χ0n) is 19.8. The Morgan fingerprint density at radius 2 is 1.91 bits per heavy atom. The van der Waals surface area contributed by atoms with Gasteiger partial charge < -0.3 is 25.0 Å². The van der Waals surface area contributed by atoms with Crippen LogP contribution in [0.25, 0.3) is 11.6 Å². The molecule has 1 saturated heterocycles. The summed E-state index contributed by atoms with van der Waals surface area (Å²) in [5.41, 5.74) is 6.58. The number of nitrogens with one attached hydrogen (secondary N) is 2. The van der Waals surface area contributed by atoms with Gasteiger partial charge in [0.2, 0.25) is 0 Å². The third-order valence-electron chi connectivity index (χ3n) is 7.05. The molecule has 0 aliphatic carbocycles. The molecule has 0 bridgehead atoms. The predicted molar refractivity (Wildman–Crippen MR) is 131 cm³/mol. The van der Waals surface area contributed by atoms with Gasteiger partial charge in [0, 0.05) is 55.4 Å². The van der Waals surface area contributed by atoms with Crippen molar-refractivity contribution >= 4 is 29.2 Å². The summed E-state index contributed by atoms with van der Waals surface area (Å²) in [4.78, 5) is 33.6. The minimum atomic E-state index is -0.605. The molecular weight excluding hydrogens is 432 g/mol. The number of nitrogens with zero attached hydrogens (tertiary/aromatic N) is 2. The minimum Gasteiger partial charge on any atom is -0.390 e. The average molecular weight is 465 g/mol. The first kappa shape index (κ1) is 22.8. The van der Waals surface area contributed by atoms with Gasteiger partial charge in [-0.25, -0.2) is 0 Å². The smallest absolute Gasteiger partial charge is 0.256 e. The molecule has 180 valence electrons. The normalized spacial score (nSPS) is 20.8. The second kappa shape index (κ2) is 9.37. The fourth-order valence-corrected chi connectivity index (χ4v) is 5.29. The van der Waals surface area contributed by atoms with Gasteiger partial charge in [0.1, 0.15) is 0 Å². The molecule has 5 rings (SSSR count). The van der Waals surface area contributed by atoms with E-state index in [1.165, 1.54) is 0 Å². The van der Waals surface area contributed by atoms with Gasteiger partial charge in [0.15, 0.2) is 0 Å². The highest BCUT2D eigenvalue weighted by atomic mass is 16.5. The molecule has 1 atom stereocenters. The number of H-pyrrole nitrogens is 1. The second-order valence-corrected chi connectivity index (χ2v) is 9.45. The Kier molecular flexibility index (Phi) is 6.29. The summed E-state index contributed by atoms with van der Waals surface area (Å²) >= 11 is 0. The molecule has 0 spiro atoms. The Balaban J connectivity index is 1.38. The lowest BCUT2D eigenvalue weighted by atomic mass is 9.99. The number of carbonyl (C=O) groups excluding carboxylic acids is 2. The molecule has 4 heterocycles. The number of benzene rings is 1. The van der Waals surface area contributed by atoms with E-state index >= 15 is 0 Å². The quantitative estimate of drug-likeness (QED) is 0.590. The zero-order valence-corrected chi connectivity index (χ0v) is 19.8. The molecule has 3 N–H and O–H groups in total. The van der Waals surface area contributed by atoms with Gasteiger partial charge in [-0.05, 0) is 50.0 Å². The molecule has 34 heavy (non-hydrogen) atoms. The molecule has 0 unspecified atom stereocenters. The van der Waals surface area contributed by atoms with Crippen molar-refractivity contribution in [2.75, 3.05) is 51.3 Å². The van der Waals surface area contributed by atoms with Crippen molar-refractivity contribution in [3.05, 3.63) is 51.8 Å². The Morgan fingerprint density at radius 1 is 1.12 bits per heavy atom. The maximum absolute atomic E-state index is 13.5. The number of aliphatic hydroxyl groups excluding tert-OH is 1. The van der Waals surface area contributed by atoms with Crippen LogP contribution in [0.3, 0.4) is 0 Å². The highest BCUT2D eigenvalue weighted by molar-refractivity contribution is 6.35. The molecule has 1 aromatic heterocycles. The summed E-state index contributed by atoms with van der Waals surface area (Å²) in [5.74, 6) is -0.188. The standard InChI is InChI=1S/C26H32N4O4/c1-16-5-3-6-20-23(16)19(25(32)28-20)13-22-17(2)24-21(27-22)7-4-8-30(26(24)33)15-18(31)14-29-9-11-34-12-10-29/h3,5-6,13,18,27,31H,4,7-12,14-15H2,1-2H3,(H,28,32)/t18-/m1/s1. The van der Waals surface area contributed by atoms with Crippen molar-refractivity contribution in [1.29, 1.82) is 0 Å². The number of amides is 2. The number of ether oxygens (including phenoxy) is 1. The van der Waals surface area contributed by atoms with Gasteiger partial charge in [0.25, 0.3) is 11.8 Å². The highest BCUT2D eigenvalue weighted by Crippen LogP contribution is 2.36. The average Bonchev–Trinajstić information content (AvgIpc) is 3.24. The van der Waals surface area contributed by atoms with Crippen molar-refractivity contribution < 1.29 is 19.4 Å². The van der Waals surface area contributed by atoms with Crippen LogP contribution < -0.4 is 5.32 Å². The fraction of sp³-hybridized carbons (Fsp3) is 0.462. The topological polar surface area (TPSA) is 97.9 Å². The number of fused-ring (bicyclic) bond motifs is 2. The van der Waals surface area contributed by atoms with Crippen LogP contribution in [0.5, 0.6) is 0 Å². The molecule has 8 heteroatoms. The number of aryl methyl sites for hydroxylation is 2. The number of rotatable bonds is 5. The van der Waals surface area contributed by atoms with Crippen molar-refractivity contribution in [2.24, 2.45) is 0 Å². The van der Waals surface area contributed by atoms with Crippen LogP contribution in [0, 0.1) is 13.8 Å². The molecular formula is C26H32N4O4. The molecule has 3 aliphatic rings. The van der Waals surface area contributed by atoms with E-state index in [4.69, 9.17) is 4.74 Å². The SMILES string of the molecule is Cc1cccc2c1C(=Cc1[nH]c3c(c1C)C(=O)N(C[C@H](O)CN1CCOCC1)CCC3)C(=O)N2. The summed E-state index contributed by atoms with van der Waals surface area (Å²) < 4.78 is 5.38. The van der Waals surface area contributed by atoms with Crippen molar-refractivity contribution in [3.63, 3.8) is 0 Å². The molecule has 3 aliphatic heterocycles. The third kappa shape index (κ3) is 4.29. The van der Waals surface area contributed by atoms with Crippen LogP contribution in [-0.2, 0) is 16.0 Å². The number of morpholine rings is 1. The number of β-amino-alcohol motifs (C(OH)–C–C–N with tert-alkyl or cyclic N) is 1. The molecule has 2 aromatic rings. The van der Waals surface area contributed by atoms with Gasteiger partial charge in [0.05, 0.1) is 30.5 Å². The number of aromatic amines is 1. The fourth-order valence-electron chi connectivity index (χ4n) is 5.29. The van der Waals surface area contributed by atoms with Crippen molar-refractivity contribution in [2.45, 2.75) is 32.8 Å². The molecule has 8 nitrogen and oxygen atoms in total. The number of aliphatic hydroxyl groups is 1. The Labute approximate surface area is 199 Å². The van der Waals surface area contributed by atoms with E-state index in [0.29, 0.717) is 44.0 Å². The number of carbonyl (C=O) groups is 2. The Bertz CT molecular complexity index is 1150. The summed E-state index contributed by atoms with van der Waals surface area (Å²) in [7, 11) is 0. The summed E-state index contributed by atoms with van der Waals surface area (Å²) in [6, 6.07) is 5.83. The van der Waals surface area contributed by atoms with Crippen LogP contribution in [0.4, 0.5) is 5.69 Å². The van der Waals surface area contributed by atoms with Crippen molar-refractivity contribution in [3.8, 4) is 0 Å². The lowest BCUT2D eigenvalue weighted by Gasteiger charge is -2.31. The first-order valence-electron chi connectivity index (χ1n) is 12.0. The van der Waals surface area contributed by atoms with Crippen LogP contribution in [0.2, 0.25) is 0 Å². The lowest BCUT2D eigenvalue weighted by Crippen LogP contribution is -2.46. The van der Waals surface area contributed by atoms with Crippen LogP contribution in [0.15, 0.2) is 18.2 Å². The van der Waals surface area contributed by atoms with Gasteiger partial charge in [-0.3, -0.25) is 14.5 Å². The highest BCUT2D eigenvalue weighted by Gasteiger charge is 2.31. The van der Waals surface area contributed by atoms with E-state index in [-0.39, 0.29) is 11.8 Å². The Hall–Kier alpha value is -2.94. The zero-order chi connectivity index (χ0) is 23.8. The number of hydrogen-bond acceptors (Lipinski definition) is 5. The largest absolute Gasteiger partial charge is 0.390 e. The molecule has 0 saturated carbocycles. The van der Waals surface area contributed by atoms with E-state index in [9.17, 15) is 14.7 Å². The monoisotopic (exact) mass is 464 g/mol. The first-order valence-corrected chi connectivity index (χ1v) is 12.0. The van der Waals surface area contributed by atoms with E-state index in [1.54, 1.807) is 4.90 Å². The third-order valence-corrected chi connectivity index (χ3v) is 7.05. The predicted octanol–water partition coefficient (Wildman–Crippen LogP) is 2.21. The first-order chi connectivity index (χ1) is 16.4. The summed E-state index contributed by atoms with van der Waals surface area (Å²) in [6.45, 7) is 8.37. The number of hydrogen-bond donors (Lipinski definition) is 3. The number of anilines is 1. The minimum absolute atomic E-state index is 0.0561. The van der Waals surface area contributed by atoms with E-state index in [2.05, 4.69) is 15.2 Å². The van der Waals surface area contributed by atoms with Gasteiger partial charge in [-0.1, -0.05) is 12.1 Å². The second-order valence-electron chi connectivity index (χ2n) is 9.45. The molecule has 0 radical (unpaired) electrons. The Morgan fingerprint density at radius 3 is 2.71 bits per heavy atom. The van der Waals surface area contributed by atoms with Gasteiger partial charge in [-0.15, -0.1) is 0 Å². The molecule has 2 amide bonds. The van der Waals surface area contributed by atoms with E-state index < -0.39 is 6.10 Å². The van der Waals surface area contributed by atoms with Crippen LogP contribution in [-0.4, -0.2) is 83.7 Å². The maximum Gasteiger partial charge on any atom is 0.256 e. The lowest BCUT2D eigenvalue weighted by molar-refractivity contribution is -0.110. The summed E-state index contributed by atoms with van der Waals surface area (Å²) in [5, 5.41) is 13.6. The van der Waals surface area contributed by atoms with E-state index in [1.807, 2.05) is 38.1 Å². The van der Waals surface area contributed by atoms with E-state index in [0.717, 1.165) is 59.7 Å². The van der Waals surface area contributed by atoms with Gasteiger partial charge in [-0.2, -0.15) is 0 Å². The maximum atomic E-state index is 13.5. The summed E-state index contributed by atoms with van der Waals surface area (Å²) in [6.07, 6.45) is 2.83. The van der Waals surface area contributed by atoms with Gasteiger partial charge >= 0.3 is 0 Å². The molecule has 1 aromatic carbocycles. The van der Waals surface area contributed by atoms with Crippen molar-refractivity contribution in [1.82, 2.24) is 14.8 Å².